The first-order valence-electron chi connectivity index (χ1n) is 5.05. The molecular formula is C10H20N2OS. The number of nitrogens with zero attached hydrogens (tertiary/aromatic N) is 1. The van der Waals surface area contributed by atoms with Crippen molar-refractivity contribution >= 4 is 17.7 Å². The summed E-state index contributed by atoms with van der Waals surface area (Å²) in [5, 5.41) is 0. The molecule has 1 heterocycles. The Kier molecular flexibility index (Phi) is 3.84. The summed E-state index contributed by atoms with van der Waals surface area (Å²) >= 11 is 1.90. The highest BCUT2D eigenvalue weighted by molar-refractivity contribution is 7.99. The maximum atomic E-state index is 11.9. The Bertz CT molecular complexity index is 207. The Morgan fingerprint density at radius 3 is 2.29 bits per heavy atom. The lowest BCUT2D eigenvalue weighted by atomic mass is 9.86. The summed E-state index contributed by atoms with van der Waals surface area (Å²) in [5.41, 5.74) is 5.79. The van der Waals surface area contributed by atoms with E-state index in [9.17, 15) is 4.79 Å². The van der Waals surface area contributed by atoms with Crippen LogP contribution in [0.2, 0.25) is 0 Å². The first-order chi connectivity index (χ1) is 6.43. The predicted octanol–water partition coefficient (Wildman–Crippen LogP) is 0.935. The van der Waals surface area contributed by atoms with Gasteiger partial charge in [-0.3, -0.25) is 4.79 Å². The van der Waals surface area contributed by atoms with Crippen LogP contribution in [0.1, 0.15) is 20.8 Å². The third-order valence-corrected chi connectivity index (χ3v) is 3.46. The lowest BCUT2D eigenvalue weighted by Crippen LogP contribution is -2.52. The fourth-order valence-electron chi connectivity index (χ4n) is 1.35. The van der Waals surface area contributed by atoms with Gasteiger partial charge in [-0.1, -0.05) is 20.8 Å². The van der Waals surface area contributed by atoms with Crippen LogP contribution in [0.5, 0.6) is 0 Å². The van der Waals surface area contributed by atoms with Crippen molar-refractivity contribution in [3.63, 3.8) is 0 Å². The Morgan fingerprint density at radius 2 is 1.86 bits per heavy atom. The molecule has 0 unspecified atom stereocenters. The summed E-state index contributed by atoms with van der Waals surface area (Å²) in [5.74, 6) is 2.20. The third-order valence-electron chi connectivity index (χ3n) is 2.52. The molecule has 3 nitrogen and oxygen atoms in total. The standard InChI is InChI=1S/C10H20N2OS/c1-10(2,3)8(11)9(13)12-4-6-14-7-5-12/h8H,4-7,11H2,1-3H3/t8-/m1/s1. The Hall–Kier alpha value is -0.220. The molecule has 0 spiro atoms. The van der Waals surface area contributed by atoms with Gasteiger partial charge < -0.3 is 10.6 Å². The topological polar surface area (TPSA) is 46.3 Å². The lowest BCUT2D eigenvalue weighted by Gasteiger charge is -2.33. The highest BCUT2D eigenvalue weighted by Crippen LogP contribution is 2.20. The number of carbonyl (C=O) groups is 1. The minimum absolute atomic E-state index is 0.109. The van der Waals surface area contributed by atoms with Gasteiger partial charge in [0.05, 0.1) is 6.04 Å². The number of thioether (sulfide) groups is 1. The second kappa shape index (κ2) is 4.53. The van der Waals surface area contributed by atoms with E-state index in [-0.39, 0.29) is 17.4 Å². The summed E-state index contributed by atoms with van der Waals surface area (Å²) in [4.78, 5) is 13.8. The van der Waals surface area contributed by atoms with E-state index < -0.39 is 0 Å². The van der Waals surface area contributed by atoms with Crippen molar-refractivity contribution in [2.45, 2.75) is 26.8 Å². The first kappa shape index (κ1) is 11.9. The van der Waals surface area contributed by atoms with E-state index in [0.717, 1.165) is 24.6 Å². The molecule has 1 rings (SSSR count). The SMILES string of the molecule is CC(C)(C)[C@H](N)C(=O)N1CCSCC1. The summed E-state index contributed by atoms with van der Waals surface area (Å²) in [6.07, 6.45) is 0. The van der Waals surface area contributed by atoms with E-state index in [0.29, 0.717) is 0 Å². The average molecular weight is 216 g/mol. The quantitative estimate of drug-likeness (QED) is 0.709. The Labute approximate surface area is 90.4 Å². The van der Waals surface area contributed by atoms with Crippen LogP contribution in [0.3, 0.4) is 0 Å². The van der Waals surface area contributed by atoms with Crippen molar-refractivity contribution in [1.82, 2.24) is 4.90 Å². The van der Waals surface area contributed by atoms with Gasteiger partial charge in [0.1, 0.15) is 0 Å². The molecule has 0 bridgehead atoms. The van der Waals surface area contributed by atoms with E-state index in [1.807, 2.05) is 37.4 Å². The molecule has 82 valence electrons. The van der Waals surface area contributed by atoms with Gasteiger partial charge in [0, 0.05) is 24.6 Å². The van der Waals surface area contributed by atoms with Crippen LogP contribution in [-0.4, -0.2) is 41.4 Å². The average Bonchev–Trinajstić information content (AvgIpc) is 2.15. The smallest absolute Gasteiger partial charge is 0.240 e. The second-order valence-corrected chi connectivity index (χ2v) is 6.01. The fraction of sp³-hybridized carbons (Fsp3) is 0.900. The number of rotatable bonds is 1. The van der Waals surface area contributed by atoms with Crippen LogP contribution >= 0.6 is 11.8 Å². The van der Waals surface area contributed by atoms with Gasteiger partial charge in [0.2, 0.25) is 5.91 Å². The van der Waals surface area contributed by atoms with Crippen molar-refractivity contribution in [3.8, 4) is 0 Å². The molecule has 1 aliphatic rings. The molecule has 1 aliphatic heterocycles. The van der Waals surface area contributed by atoms with Gasteiger partial charge in [-0.2, -0.15) is 11.8 Å². The van der Waals surface area contributed by atoms with Gasteiger partial charge in [0.15, 0.2) is 0 Å². The molecule has 0 saturated carbocycles. The van der Waals surface area contributed by atoms with Gasteiger partial charge in [-0.25, -0.2) is 0 Å². The highest BCUT2D eigenvalue weighted by Gasteiger charge is 2.31. The zero-order valence-electron chi connectivity index (χ0n) is 9.25. The zero-order chi connectivity index (χ0) is 10.8. The normalized spacial score (nSPS) is 20.7. The molecule has 0 aromatic carbocycles. The molecule has 1 fully saturated rings. The van der Waals surface area contributed by atoms with Crippen molar-refractivity contribution in [2.24, 2.45) is 11.1 Å². The molecule has 1 saturated heterocycles. The van der Waals surface area contributed by atoms with Crippen LogP contribution in [0.15, 0.2) is 0 Å². The van der Waals surface area contributed by atoms with Crippen LogP contribution in [-0.2, 0) is 4.79 Å². The highest BCUT2D eigenvalue weighted by atomic mass is 32.2. The molecule has 0 aromatic rings. The number of nitrogens with two attached hydrogens (primary N) is 1. The molecule has 1 atom stereocenters. The molecule has 1 amide bonds. The summed E-state index contributed by atoms with van der Waals surface area (Å²) in [6, 6.07) is -0.370. The predicted molar refractivity (Wildman–Crippen MR) is 61.3 cm³/mol. The van der Waals surface area contributed by atoms with E-state index in [2.05, 4.69) is 0 Å². The van der Waals surface area contributed by atoms with E-state index in [1.165, 1.54) is 0 Å². The largest absolute Gasteiger partial charge is 0.340 e. The minimum Gasteiger partial charge on any atom is -0.340 e. The molecular weight excluding hydrogens is 196 g/mol. The molecule has 4 heteroatoms. The van der Waals surface area contributed by atoms with Gasteiger partial charge >= 0.3 is 0 Å². The van der Waals surface area contributed by atoms with E-state index in [1.54, 1.807) is 0 Å². The maximum Gasteiger partial charge on any atom is 0.240 e. The van der Waals surface area contributed by atoms with Crippen molar-refractivity contribution in [3.05, 3.63) is 0 Å². The zero-order valence-corrected chi connectivity index (χ0v) is 10.1. The van der Waals surface area contributed by atoms with Crippen LogP contribution in [0.4, 0.5) is 0 Å². The van der Waals surface area contributed by atoms with Crippen LogP contribution in [0, 0.1) is 5.41 Å². The Balaban J connectivity index is 2.55. The van der Waals surface area contributed by atoms with Crippen molar-refractivity contribution in [1.29, 1.82) is 0 Å². The molecule has 14 heavy (non-hydrogen) atoms. The minimum atomic E-state index is -0.370. The summed E-state index contributed by atoms with van der Waals surface area (Å²) < 4.78 is 0. The van der Waals surface area contributed by atoms with Gasteiger partial charge in [-0.15, -0.1) is 0 Å². The number of hydrogen-bond acceptors (Lipinski definition) is 3. The second-order valence-electron chi connectivity index (χ2n) is 4.78. The van der Waals surface area contributed by atoms with Crippen LogP contribution in [0.25, 0.3) is 0 Å². The van der Waals surface area contributed by atoms with Crippen molar-refractivity contribution in [2.75, 3.05) is 24.6 Å². The monoisotopic (exact) mass is 216 g/mol. The van der Waals surface area contributed by atoms with Crippen LogP contribution < -0.4 is 5.73 Å². The number of carbonyl (C=O) groups excluding carboxylic acids is 1. The number of hydrogen-bond donors (Lipinski definition) is 1. The summed E-state index contributed by atoms with van der Waals surface area (Å²) in [6.45, 7) is 7.73. The molecule has 0 radical (unpaired) electrons. The summed E-state index contributed by atoms with van der Waals surface area (Å²) in [7, 11) is 0. The van der Waals surface area contributed by atoms with Crippen molar-refractivity contribution < 1.29 is 4.79 Å². The lowest BCUT2D eigenvalue weighted by molar-refractivity contribution is -0.134. The third kappa shape index (κ3) is 2.89. The van der Waals surface area contributed by atoms with E-state index in [4.69, 9.17) is 5.73 Å². The first-order valence-corrected chi connectivity index (χ1v) is 6.20. The molecule has 0 aromatic heterocycles. The van der Waals surface area contributed by atoms with E-state index >= 15 is 0 Å². The Morgan fingerprint density at radius 1 is 1.36 bits per heavy atom. The maximum absolute atomic E-state index is 11.9. The number of amides is 1. The molecule has 2 N–H and O–H groups in total. The fourth-order valence-corrected chi connectivity index (χ4v) is 2.25. The molecule has 0 aliphatic carbocycles. The van der Waals surface area contributed by atoms with Gasteiger partial charge in [-0.05, 0) is 5.41 Å². The van der Waals surface area contributed by atoms with Gasteiger partial charge in [0.25, 0.3) is 0 Å².